The molecule has 0 spiro atoms. The van der Waals surface area contributed by atoms with Crippen molar-refractivity contribution in [3.8, 4) is 0 Å². The molecule has 0 aromatic heterocycles. The molecule has 1 aromatic carbocycles. The van der Waals surface area contributed by atoms with E-state index in [4.69, 9.17) is 0 Å². The minimum atomic E-state index is 0.252. The van der Waals surface area contributed by atoms with Crippen LogP contribution >= 0.6 is 9.24 Å². The van der Waals surface area contributed by atoms with E-state index in [0.717, 1.165) is 0 Å². The summed E-state index contributed by atoms with van der Waals surface area (Å²) in [6.45, 7) is 16.1. The Hall–Kier alpha value is -0.350. The van der Waals surface area contributed by atoms with Crippen molar-refractivity contribution < 1.29 is 0 Å². The summed E-state index contributed by atoms with van der Waals surface area (Å²) in [7, 11) is 2.94. The smallest absolute Gasteiger partial charge is 0.00998 e. The fourth-order valence-electron chi connectivity index (χ4n) is 2.14. The Kier molecular flexibility index (Phi) is 4.65. The van der Waals surface area contributed by atoms with E-state index in [2.05, 4.69) is 69.8 Å². The number of benzene rings is 1. The molecule has 1 aromatic rings. The molecule has 1 unspecified atom stereocenters. The Morgan fingerprint density at radius 3 is 1.89 bits per heavy atom. The molecule has 0 aliphatic carbocycles. The van der Waals surface area contributed by atoms with Gasteiger partial charge in [-0.25, -0.2) is 0 Å². The Balaban J connectivity index is 3.46. The molecule has 0 saturated heterocycles. The first-order valence-corrected chi connectivity index (χ1v) is 7.64. The Bertz CT molecular complexity index is 427. The first-order chi connectivity index (χ1) is 8.15. The summed E-state index contributed by atoms with van der Waals surface area (Å²) in [6, 6.07) is 4.80. The van der Waals surface area contributed by atoms with Crippen molar-refractivity contribution in [1.29, 1.82) is 0 Å². The lowest BCUT2D eigenvalue weighted by atomic mass is 9.76. The first kappa shape index (κ1) is 15.7. The molecule has 1 atom stereocenters. The second kappa shape index (κ2) is 5.33. The molecule has 102 valence electrons. The van der Waals surface area contributed by atoms with Gasteiger partial charge < -0.3 is 0 Å². The standard InChI is InChI=1S/C17H29P/c1-8-16(4,5)13-10-12(3)15(18)14(11-13)17(6,7)9-2/h10-11H,8-9,18H2,1-7H3. The van der Waals surface area contributed by atoms with E-state index in [9.17, 15) is 0 Å². The van der Waals surface area contributed by atoms with Crippen LogP contribution in [-0.4, -0.2) is 0 Å². The average molecular weight is 264 g/mol. The lowest BCUT2D eigenvalue weighted by molar-refractivity contribution is 0.490. The van der Waals surface area contributed by atoms with Crippen molar-refractivity contribution in [2.75, 3.05) is 0 Å². The van der Waals surface area contributed by atoms with Crippen molar-refractivity contribution in [3.05, 3.63) is 28.8 Å². The van der Waals surface area contributed by atoms with E-state index >= 15 is 0 Å². The van der Waals surface area contributed by atoms with E-state index in [1.165, 1.54) is 34.8 Å². The molecule has 1 heteroatoms. The normalized spacial score (nSPS) is 12.9. The average Bonchev–Trinajstić information content (AvgIpc) is 2.31. The third kappa shape index (κ3) is 2.97. The van der Waals surface area contributed by atoms with Crippen molar-refractivity contribution in [2.24, 2.45) is 0 Å². The molecular formula is C17H29P. The molecule has 0 amide bonds. The molecule has 0 radical (unpaired) electrons. The molecule has 0 saturated carbocycles. The molecule has 0 nitrogen and oxygen atoms in total. The molecule has 0 N–H and O–H groups in total. The highest BCUT2D eigenvalue weighted by atomic mass is 31.0. The monoisotopic (exact) mass is 264 g/mol. The second-order valence-electron chi connectivity index (χ2n) is 6.73. The van der Waals surface area contributed by atoms with Gasteiger partial charge in [0.05, 0.1) is 0 Å². The maximum atomic E-state index is 2.94. The summed E-state index contributed by atoms with van der Waals surface area (Å²) in [4.78, 5) is 0. The summed E-state index contributed by atoms with van der Waals surface area (Å²) in [5.74, 6) is 0. The SMILES string of the molecule is CCC(C)(C)c1cc(C)c(P)c(C(C)(C)CC)c1. The van der Waals surface area contributed by atoms with Crippen LogP contribution in [-0.2, 0) is 10.8 Å². The van der Waals surface area contributed by atoms with Gasteiger partial charge in [-0.2, -0.15) is 0 Å². The predicted octanol–water partition coefficient (Wildman–Crippen LogP) is 4.87. The molecule has 0 bridgehead atoms. The molecule has 1 rings (SSSR count). The predicted molar refractivity (Wildman–Crippen MR) is 87.2 cm³/mol. The Morgan fingerprint density at radius 1 is 0.944 bits per heavy atom. The van der Waals surface area contributed by atoms with Crippen LogP contribution < -0.4 is 5.30 Å². The van der Waals surface area contributed by atoms with Gasteiger partial charge in [-0.15, -0.1) is 9.24 Å². The third-order valence-corrected chi connectivity index (χ3v) is 5.43. The Labute approximate surface area is 116 Å². The Morgan fingerprint density at radius 2 is 1.44 bits per heavy atom. The summed E-state index contributed by atoms with van der Waals surface area (Å²) in [5, 5.41) is 1.39. The van der Waals surface area contributed by atoms with Gasteiger partial charge in [-0.3, -0.25) is 0 Å². The van der Waals surface area contributed by atoms with E-state index in [0.29, 0.717) is 0 Å². The van der Waals surface area contributed by atoms with Gasteiger partial charge in [0.15, 0.2) is 0 Å². The van der Waals surface area contributed by atoms with Crippen LogP contribution in [0, 0.1) is 6.92 Å². The number of hydrogen-bond acceptors (Lipinski definition) is 0. The van der Waals surface area contributed by atoms with E-state index in [1.807, 2.05) is 0 Å². The largest absolute Gasteiger partial charge is 0.105 e. The van der Waals surface area contributed by atoms with Crippen LogP contribution in [0.5, 0.6) is 0 Å². The van der Waals surface area contributed by atoms with Gasteiger partial charge in [0.25, 0.3) is 0 Å². The van der Waals surface area contributed by atoms with Crippen molar-refractivity contribution in [1.82, 2.24) is 0 Å². The topological polar surface area (TPSA) is 0 Å². The van der Waals surface area contributed by atoms with Gasteiger partial charge in [0.2, 0.25) is 0 Å². The highest BCUT2D eigenvalue weighted by Crippen LogP contribution is 2.33. The minimum absolute atomic E-state index is 0.252. The highest BCUT2D eigenvalue weighted by Gasteiger charge is 2.25. The van der Waals surface area contributed by atoms with Crippen LogP contribution in [0.1, 0.15) is 71.1 Å². The maximum absolute atomic E-state index is 2.94. The van der Waals surface area contributed by atoms with Crippen LogP contribution in [0.3, 0.4) is 0 Å². The zero-order chi connectivity index (χ0) is 14.1. The summed E-state index contributed by atoms with van der Waals surface area (Å²) < 4.78 is 0. The van der Waals surface area contributed by atoms with E-state index in [1.54, 1.807) is 0 Å². The first-order valence-electron chi connectivity index (χ1n) is 7.06. The lowest BCUT2D eigenvalue weighted by Crippen LogP contribution is -2.26. The summed E-state index contributed by atoms with van der Waals surface area (Å²) in [5.41, 5.74) is 4.89. The van der Waals surface area contributed by atoms with Crippen molar-refractivity contribution in [2.45, 2.75) is 72.1 Å². The fraction of sp³-hybridized carbons (Fsp3) is 0.647. The zero-order valence-electron chi connectivity index (χ0n) is 13.1. The molecule has 18 heavy (non-hydrogen) atoms. The number of hydrogen-bond donors (Lipinski definition) is 0. The van der Waals surface area contributed by atoms with Crippen LogP contribution in [0.15, 0.2) is 12.1 Å². The summed E-state index contributed by atoms with van der Waals surface area (Å²) in [6.07, 6.45) is 2.35. The van der Waals surface area contributed by atoms with Crippen molar-refractivity contribution >= 4 is 14.5 Å². The third-order valence-electron chi connectivity index (χ3n) is 4.67. The molecule has 0 fully saturated rings. The highest BCUT2D eigenvalue weighted by molar-refractivity contribution is 7.27. The van der Waals surface area contributed by atoms with Crippen LogP contribution in [0.4, 0.5) is 0 Å². The van der Waals surface area contributed by atoms with Crippen LogP contribution in [0.25, 0.3) is 0 Å². The molecule has 0 heterocycles. The number of rotatable bonds is 4. The summed E-state index contributed by atoms with van der Waals surface area (Å²) >= 11 is 0. The minimum Gasteiger partial charge on any atom is -0.105 e. The fourth-order valence-corrected chi connectivity index (χ4v) is 2.70. The van der Waals surface area contributed by atoms with E-state index < -0.39 is 0 Å². The lowest BCUT2D eigenvalue weighted by Gasteiger charge is -2.31. The van der Waals surface area contributed by atoms with Gasteiger partial charge in [-0.05, 0) is 52.6 Å². The van der Waals surface area contributed by atoms with Gasteiger partial charge >= 0.3 is 0 Å². The maximum Gasteiger partial charge on any atom is -0.00998 e. The van der Waals surface area contributed by atoms with Crippen LogP contribution in [0.2, 0.25) is 0 Å². The van der Waals surface area contributed by atoms with Gasteiger partial charge in [0.1, 0.15) is 0 Å². The molecule has 0 aliphatic rings. The molecule has 0 aliphatic heterocycles. The zero-order valence-corrected chi connectivity index (χ0v) is 14.3. The number of aryl methyl sites for hydroxylation is 1. The van der Waals surface area contributed by atoms with Crippen molar-refractivity contribution in [3.63, 3.8) is 0 Å². The van der Waals surface area contributed by atoms with Gasteiger partial charge in [0, 0.05) is 0 Å². The van der Waals surface area contributed by atoms with E-state index in [-0.39, 0.29) is 10.8 Å². The van der Waals surface area contributed by atoms with Gasteiger partial charge in [-0.1, -0.05) is 53.7 Å². The molecular weight excluding hydrogens is 235 g/mol. The quantitative estimate of drug-likeness (QED) is 0.681. The second-order valence-corrected chi connectivity index (χ2v) is 7.31.